The predicted octanol–water partition coefficient (Wildman–Crippen LogP) is 2.26. The number of pyridine rings is 1. The minimum absolute atomic E-state index is 0.572. The molecule has 1 heterocycles. The summed E-state index contributed by atoms with van der Waals surface area (Å²) < 4.78 is 37.9. The number of hydrogen-bond donors (Lipinski definition) is 0. The molecule has 0 bridgehead atoms. The quantitative estimate of drug-likeness (QED) is 0.764. The molecule has 2 radical (unpaired) electrons. The van der Waals surface area contributed by atoms with Gasteiger partial charge in [-0.15, -0.1) is 0 Å². The Kier molecular flexibility index (Phi) is 3.80. The van der Waals surface area contributed by atoms with Crippen LogP contribution in [0.3, 0.4) is 0 Å². The summed E-state index contributed by atoms with van der Waals surface area (Å²) in [6.07, 6.45) is -3.34. The van der Waals surface area contributed by atoms with E-state index in [2.05, 4.69) is 18.8 Å². The monoisotopic (exact) mass is 309 g/mol. The van der Waals surface area contributed by atoms with Crippen molar-refractivity contribution in [1.82, 2.24) is 4.98 Å². The Hall–Kier alpha value is -0.261. The van der Waals surface area contributed by atoms with E-state index in [0.29, 0.717) is 3.93 Å². The first-order valence-corrected chi connectivity index (χ1v) is 7.27. The molecule has 76 valence electrons. The van der Waals surface area contributed by atoms with E-state index in [4.69, 9.17) is 0 Å². The Morgan fingerprint density at radius 3 is 2.29 bits per heavy atom. The summed E-state index contributed by atoms with van der Waals surface area (Å²) in [5, 5.41) is 0. The number of aromatic nitrogens is 1. The predicted molar refractivity (Wildman–Crippen MR) is 49.7 cm³/mol. The molecular weight excluding hydrogens is 298 g/mol. The van der Waals surface area contributed by atoms with Crippen LogP contribution in [0.25, 0.3) is 0 Å². The van der Waals surface area contributed by atoms with E-state index in [9.17, 15) is 13.2 Å². The molecule has 0 unspecified atom stereocenters. The van der Waals surface area contributed by atoms with E-state index in [1.807, 2.05) is 0 Å². The zero-order valence-electron chi connectivity index (χ0n) is 7.89. The molecule has 1 aromatic rings. The van der Waals surface area contributed by atoms with Crippen molar-refractivity contribution in [2.45, 2.75) is 24.0 Å². The van der Waals surface area contributed by atoms with E-state index >= 15 is 0 Å². The van der Waals surface area contributed by atoms with Gasteiger partial charge in [0.15, 0.2) is 0 Å². The number of nitrogens with zero attached hydrogens (tertiary/aromatic N) is 1. The van der Waals surface area contributed by atoms with Gasteiger partial charge in [-0.05, 0) is 0 Å². The van der Waals surface area contributed by atoms with E-state index in [0.717, 1.165) is 16.0 Å². The molecule has 0 aliphatic carbocycles. The molecule has 0 saturated heterocycles. The molecule has 0 atom stereocenters. The first-order chi connectivity index (χ1) is 6.39. The second-order valence-corrected chi connectivity index (χ2v) is 8.81. The van der Waals surface area contributed by atoms with Gasteiger partial charge in [-0.25, -0.2) is 0 Å². The van der Waals surface area contributed by atoms with Gasteiger partial charge in [0, 0.05) is 0 Å². The maximum absolute atomic E-state index is 12.2. The average molecular weight is 308 g/mol. The molecule has 0 saturated carbocycles. The SMILES string of the molecule is C[CH](C)[Sn][c]1ccc(C(F)(F)F)cn1. The molecule has 14 heavy (non-hydrogen) atoms. The number of alkyl halides is 3. The summed E-state index contributed by atoms with van der Waals surface area (Å²) in [5.74, 6) is 0. The van der Waals surface area contributed by atoms with E-state index < -0.39 is 32.9 Å². The van der Waals surface area contributed by atoms with E-state index in [1.54, 1.807) is 0 Å². The van der Waals surface area contributed by atoms with Crippen molar-refractivity contribution in [2.75, 3.05) is 0 Å². The molecular formula is C9H10F3NSn. The third-order valence-corrected chi connectivity index (χ3v) is 4.86. The fourth-order valence-corrected chi connectivity index (χ4v) is 3.54. The van der Waals surface area contributed by atoms with Crippen molar-refractivity contribution in [3.8, 4) is 0 Å². The van der Waals surface area contributed by atoms with Crippen LogP contribution < -0.4 is 3.71 Å². The number of hydrogen-bond acceptors (Lipinski definition) is 1. The molecule has 0 fully saturated rings. The topological polar surface area (TPSA) is 12.9 Å². The van der Waals surface area contributed by atoms with Crippen molar-refractivity contribution >= 4 is 24.9 Å². The fraction of sp³-hybridized carbons (Fsp3) is 0.444. The molecule has 5 heteroatoms. The summed E-state index contributed by atoms with van der Waals surface area (Å²) >= 11 is -0.788. The zero-order valence-corrected chi connectivity index (χ0v) is 10.7. The number of rotatable bonds is 2. The first kappa shape index (κ1) is 11.8. The van der Waals surface area contributed by atoms with Crippen LogP contribution in [-0.4, -0.2) is 26.1 Å². The van der Waals surface area contributed by atoms with Crippen LogP contribution in [0, 0.1) is 0 Å². The number of halogens is 3. The zero-order chi connectivity index (χ0) is 10.8. The summed E-state index contributed by atoms with van der Waals surface area (Å²) in [4.78, 5) is 3.84. The summed E-state index contributed by atoms with van der Waals surface area (Å²) in [7, 11) is 0. The molecule has 0 N–H and O–H groups in total. The summed E-state index contributed by atoms with van der Waals surface area (Å²) in [6, 6.07) is 2.63. The Morgan fingerprint density at radius 2 is 1.93 bits per heavy atom. The molecule has 0 aliphatic heterocycles. The van der Waals surface area contributed by atoms with E-state index in [-0.39, 0.29) is 0 Å². The fourth-order valence-electron chi connectivity index (χ4n) is 0.943. The van der Waals surface area contributed by atoms with Crippen LogP contribution in [0.15, 0.2) is 18.3 Å². The normalized spacial score (nSPS) is 12.1. The van der Waals surface area contributed by atoms with Crippen LogP contribution in [0.2, 0.25) is 3.93 Å². The first-order valence-electron chi connectivity index (χ1n) is 4.19. The van der Waals surface area contributed by atoms with Crippen molar-refractivity contribution in [3.63, 3.8) is 0 Å². The molecule has 0 spiro atoms. The van der Waals surface area contributed by atoms with Crippen molar-refractivity contribution < 1.29 is 13.2 Å². The maximum atomic E-state index is 12.2. The van der Waals surface area contributed by atoms with Crippen LogP contribution in [-0.2, 0) is 6.18 Å². The molecule has 0 amide bonds. The van der Waals surface area contributed by atoms with Gasteiger partial charge in [0.1, 0.15) is 0 Å². The van der Waals surface area contributed by atoms with Crippen LogP contribution in [0.1, 0.15) is 19.4 Å². The van der Waals surface area contributed by atoms with Crippen molar-refractivity contribution in [1.29, 1.82) is 0 Å². The second-order valence-electron chi connectivity index (χ2n) is 3.23. The minimum atomic E-state index is -4.27. The Balaban J connectivity index is 2.79. The van der Waals surface area contributed by atoms with Crippen LogP contribution in [0.4, 0.5) is 13.2 Å². The van der Waals surface area contributed by atoms with Crippen LogP contribution >= 0.6 is 0 Å². The van der Waals surface area contributed by atoms with Gasteiger partial charge in [0.05, 0.1) is 0 Å². The Bertz CT molecular complexity index is 292. The van der Waals surface area contributed by atoms with Gasteiger partial charge in [-0.2, -0.15) is 0 Å². The van der Waals surface area contributed by atoms with Gasteiger partial charge >= 0.3 is 90.9 Å². The molecule has 1 rings (SSSR count). The average Bonchev–Trinajstić information content (AvgIpc) is 2.02. The molecule has 0 aromatic carbocycles. The second kappa shape index (κ2) is 4.51. The van der Waals surface area contributed by atoms with E-state index in [1.165, 1.54) is 6.07 Å². The third-order valence-electron chi connectivity index (χ3n) is 1.53. The molecule has 1 nitrogen and oxygen atoms in total. The van der Waals surface area contributed by atoms with Gasteiger partial charge in [-0.1, -0.05) is 0 Å². The Labute approximate surface area is 91.0 Å². The third kappa shape index (κ3) is 3.47. The van der Waals surface area contributed by atoms with Crippen molar-refractivity contribution in [2.24, 2.45) is 0 Å². The van der Waals surface area contributed by atoms with Gasteiger partial charge in [-0.3, -0.25) is 0 Å². The standard InChI is InChI=1S/C6H3F3N.C3H7.Sn/c7-6(8,9)5-2-1-3-10-4-5;1-3-2;/h1-2,4H;3H,1-2H3;. The summed E-state index contributed by atoms with van der Waals surface area (Å²) in [5.41, 5.74) is -0.663. The molecule has 0 aliphatic rings. The van der Waals surface area contributed by atoms with Gasteiger partial charge in [0.2, 0.25) is 0 Å². The van der Waals surface area contributed by atoms with Crippen LogP contribution in [0.5, 0.6) is 0 Å². The van der Waals surface area contributed by atoms with Gasteiger partial charge < -0.3 is 0 Å². The van der Waals surface area contributed by atoms with Gasteiger partial charge in [0.25, 0.3) is 0 Å². The van der Waals surface area contributed by atoms with Crippen molar-refractivity contribution in [3.05, 3.63) is 23.9 Å². The molecule has 1 aromatic heterocycles. The summed E-state index contributed by atoms with van der Waals surface area (Å²) in [6.45, 7) is 4.15. The Morgan fingerprint density at radius 1 is 1.29 bits per heavy atom.